The number of carbonyl (C=O) groups excluding carboxylic acids is 1. The van der Waals surface area contributed by atoms with E-state index in [-0.39, 0.29) is 0 Å². The number of hydrogen-bond acceptors (Lipinski definition) is 4. The quantitative estimate of drug-likeness (QED) is 0.553. The molecule has 0 aromatic heterocycles. The molecule has 5 nitrogen and oxygen atoms in total. The molecule has 0 heterocycles. The smallest absolute Gasteiger partial charge is 0.337 e. The molecule has 0 aliphatic heterocycles. The van der Waals surface area contributed by atoms with Crippen molar-refractivity contribution in [1.29, 1.82) is 0 Å². The first kappa shape index (κ1) is 13.5. The second-order valence-electron chi connectivity index (χ2n) is 2.57. The van der Waals surface area contributed by atoms with Crippen LogP contribution in [-0.4, -0.2) is 34.9 Å². The van der Waals surface area contributed by atoms with Gasteiger partial charge in [0.15, 0.2) is 5.60 Å². The predicted molar refractivity (Wildman–Crippen MR) is 41.6 cm³/mol. The first-order valence-electron chi connectivity index (χ1n) is 3.22. The van der Waals surface area contributed by atoms with Crippen LogP contribution < -0.4 is 0 Å². The van der Waals surface area contributed by atoms with Crippen LogP contribution in [0.2, 0.25) is 0 Å². The highest BCUT2D eigenvalue weighted by Crippen LogP contribution is 2.01. The number of esters is 1. The highest BCUT2D eigenvalue weighted by Gasteiger charge is 2.23. The highest BCUT2D eigenvalue weighted by atomic mass is 16.5. The molecule has 0 aliphatic rings. The van der Waals surface area contributed by atoms with Gasteiger partial charge in [0.2, 0.25) is 0 Å². The summed E-state index contributed by atoms with van der Waals surface area (Å²) in [7, 11) is 1.24. The lowest BCUT2D eigenvalue weighted by Crippen LogP contribution is -2.31. The average molecular weight is 178 g/mol. The van der Waals surface area contributed by atoms with Crippen molar-refractivity contribution in [2.24, 2.45) is 0 Å². The van der Waals surface area contributed by atoms with Crippen molar-refractivity contribution in [2.75, 3.05) is 7.11 Å². The van der Waals surface area contributed by atoms with E-state index in [1.165, 1.54) is 21.0 Å². The van der Waals surface area contributed by atoms with Gasteiger partial charge in [-0.05, 0) is 13.8 Å². The molecule has 2 N–H and O–H groups in total. The van der Waals surface area contributed by atoms with Crippen molar-refractivity contribution >= 4 is 11.9 Å². The monoisotopic (exact) mass is 178 g/mol. The minimum Gasteiger partial charge on any atom is -0.481 e. The summed E-state index contributed by atoms with van der Waals surface area (Å²) in [5, 5.41) is 16.2. The molecule has 0 aromatic carbocycles. The summed E-state index contributed by atoms with van der Waals surface area (Å²) < 4.78 is 4.23. The Morgan fingerprint density at radius 2 is 1.58 bits per heavy atom. The van der Waals surface area contributed by atoms with Crippen LogP contribution in [0.1, 0.15) is 20.8 Å². The number of rotatable bonds is 1. The molecule has 0 saturated carbocycles. The summed E-state index contributed by atoms with van der Waals surface area (Å²) in [6, 6.07) is 0. The maximum Gasteiger partial charge on any atom is 0.337 e. The summed E-state index contributed by atoms with van der Waals surface area (Å²) in [6.07, 6.45) is 0. The minimum absolute atomic E-state index is 0.613. The summed E-state index contributed by atoms with van der Waals surface area (Å²) in [6.45, 7) is 3.83. The zero-order valence-electron chi connectivity index (χ0n) is 7.62. The first-order valence-corrected chi connectivity index (χ1v) is 3.22. The number of carbonyl (C=O) groups is 2. The van der Waals surface area contributed by atoms with E-state index in [2.05, 4.69) is 4.74 Å². The predicted octanol–water partition coefficient (Wildman–Crippen LogP) is 0.0212. The number of aliphatic hydroxyl groups is 1. The van der Waals surface area contributed by atoms with Gasteiger partial charge in [0, 0.05) is 6.92 Å². The maximum atomic E-state index is 10.4. The molecule has 12 heavy (non-hydrogen) atoms. The van der Waals surface area contributed by atoms with E-state index in [0.29, 0.717) is 0 Å². The third-order valence-electron chi connectivity index (χ3n) is 0.685. The number of carboxylic acid groups (broad SMARTS) is 1. The van der Waals surface area contributed by atoms with Gasteiger partial charge in [-0.3, -0.25) is 4.79 Å². The SMILES string of the molecule is CC(=O)O.COC(=O)C(C)(C)O. The van der Waals surface area contributed by atoms with Gasteiger partial charge < -0.3 is 14.9 Å². The summed E-state index contributed by atoms with van der Waals surface area (Å²) in [4.78, 5) is 19.4. The molecule has 0 atom stereocenters. The Hall–Kier alpha value is -1.10. The molecule has 0 fully saturated rings. The van der Waals surface area contributed by atoms with Gasteiger partial charge in [0.1, 0.15) is 0 Å². The van der Waals surface area contributed by atoms with E-state index in [1.807, 2.05) is 0 Å². The minimum atomic E-state index is -1.35. The van der Waals surface area contributed by atoms with Crippen LogP contribution in [0, 0.1) is 0 Å². The van der Waals surface area contributed by atoms with E-state index in [1.54, 1.807) is 0 Å². The van der Waals surface area contributed by atoms with Crippen molar-refractivity contribution in [1.82, 2.24) is 0 Å². The van der Waals surface area contributed by atoms with Crippen LogP contribution >= 0.6 is 0 Å². The molecule has 0 saturated heterocycles. The van der Waals surface area contributed by atoms with Gasteiger partial charge in [0.25, 0.3) is 5.97 Å². The zero-order chi connectivity index (χ0) is 10.4. The van der Waals surface area contributed by atoms with Crippen molar-refractivity contribution < 1.29 is 24.5 Å². The van der Waals surface area contributed by atoms with Crippen LogP contribution in [0.25, 0.3) is 0 Å². The molecular weight excluding hydrogens is 164 g/mol. The molecule has 0 aliphatic carbocycles. The topological polar surface area (TPSA) is 83.8 Å². The third-order valence-corrected chi connectivity index (χ3v) is 0.685. The van der Waals surface area contributed by atoms with Gasteiger partial charge in [-0.25, -0.2) is 4.79 Å². The zero-order valence-corrected chi connectivity index (χ0v) is 7.62. The lowest BCUT2D eigenvalue weighted by Gasteiger charge is -2.12. The lowest BCUT2D eigenvalue weighted by atomic mass is 10.1. The number of ether oxygens (including phenoxy) is 1. The van der Waals surface area contributed by atoms with E-state index in [0.717, 1.165) is 6.92 Å². The fourth-order valence-electron chi connectivity index (χ4n) is 0.250. The second-order valence-corrected chi connectivity index (χ2v) is 2.57. The van der Waals surface area contributed by atoms with Crippen molar-refractivity contribution in [3.8, 4) is 0 Å². The summed E-state index contributed by atoms with van der Waals surface area (Å²) >= 11 is 0. The maximum absolute atomic E-state index is 10.4. The fourth-order valence-corrected chi connectivity index (χ4v) is 0.250. The van der Waals surface area contributed by atoms with Crippen LogP contribution in [-0.2, 0) is 14.3 Å². The molecule has 5 heteroatoms. The Kier molecular flexibility index (Phi) is 6.22. The fraction of sp³-hybridized carbons (Fsp3) is 0.714. The van der Waals surface area contributed by atoms with Gasteiger partial charge >= 0.3 is 5.97 Å². The molecule has 0 rings (SSSR count). The third kappa shape index (κ3) is 11.7. The van der Waals surface area contributed by atoms with Gasteiger partial charge in [-0.1, -0.05) is 0 Å². The summed E-state index contributed by atoms with van der Waals surface area (Å²) in [5.74, 6) is -1.45. The molecular formula is C7H14O5. The Bertz CT molecular complexity index is 152. The normalized spacial score (nSPS) is 9.42. The van der Waals surface area contributed by atoms with E-state index >= 15 is 0 Å². The molecule has 0 amide bonds. The molecule has 72 valence electrons. The Morgan fingerprint density at radius 1 is 1.33 bits per heavy atom. The lowest BCUT2D eigenvalue weighted by molar-refractivity contribution is -0.158. The molecule has 0 unspecified atom stereocenters. The van der Waals surface area contributed by atoms with Crippen molar-refractivity contribution in [3.63, 3.8) is 0 Å². The van der Waals surface area contributed by atoms with Crippen LogP contribution in [0.15, 0.2) is 0 Å². The Labute approximate surface area is 71.0 Å². The number of hydrogen-bond donors (Lipinski definition) is 2. The van der Waals surface area contributed by atoms with Crippen molar-refractivity contribution in [3.05, 3.63) is 0 Å². The average Bonchev–Trinajstić information content (AvgIpc) is 1.82. The van der Waals surface area contributed by atoms with E-state index < -0.39 is 17.5 Å². The molecule has 0 spiro atoms. The number of methoxy groups -OCH3 is 1. The van der Waals surface area contributed by atoms with E-state index in [4.69, 9.17) is 15.0 Å². The van der Waals surface area contributed by atoms with Gasteiger partial charge in [0.05, 0.1) is 7.11 Å². The number of carboxylic acids is 1. The van der Waals surface area contributed by atoms with Crippen LogP contribution in [0.5, 0.6) is 0 Å². The summed E-state index contributed by atoms with van der Waals surface area (Å²) in [5.41, 5.74) is -1.35. The highest BCUT2D eigenvalue weighted by molar-refractivity contribution is 5.77. The van der Waals surface area contributed by atoms with Gasteiger partial charge in [-0.15, -0.1) is 0 Å². The Morgan fingerprint density at radius 3 is 1.58 bits per heavy atom. The molecule has 0 aromatic rings. The standard InChI is InChI=1S/C5H10O3.C2H4O2/c1-5(2,7)4(6)8-3;1-2(3)4/h7H,1-3H3;1H3,(H,3,4). The second kappa shape index (κ2) is 5.54. The number of aliphatic carboxylic acids is 1. The molecule has 0 bridgehead atoms. The van der Waals surface area contributed by atoms with E-state index in [9.17, 15) is 4.79 Å². The Balaban J connectivity index is 0. The van der Waals surface area contributed by atoms with Crippen LogP contribution in [0.4, 0.5) is 0 Å². The van der Waals surface area contributed by atoms with Gasteiger partial charge in [-0.2, -0.15) is 0 Å². The van der Waals surface area contributed by atoms with Crippen LogP contribution in [0.3, 0.4) is 0 Å². The first-order chi connectivity index (χ1) is 5.21. The molecule has 0 radical (unpaired) electrons. The largest absolute Gasteiger partial charge is 0.481 e. The van der Waals surface area contributed by atoms with Crippen molar-refractivity contribution in [2.45, 2.75) is 26.4 Å².